The highest BCUT2D eigenvalue weighted by Crippen LogP contribution is 2.58. The first-order valence-electron chi connectivity index (χ1n) is 21.2. The van der Waals surface area contributed by atoms with Gasteiger partial charge in [0.25, 0.3) is 0 Å². The third kappa shape index (κ3) is 9.18. The molecule has 3 aliphatic carbocycles. The van der Waals surface area contributed by atoms with Gasteiger partial charge in [-0.25, -0.2) is 13.4 Å². The summed E-state index contributed by atoms with van der Waals surface area (Å²) in [6.07, 6.45) is 3.64. The summed E-state index contributed by atoms with van der Waals surface area (Å²) in [7, 11) is -4.03. The van der Waals surface area contributed by atoms with E-state index in [-0.39, 0.29) is 37.6 Å². The highest BCUT2D eigenvalue weighted by atomic mass is 32.2. The Morgan fingerprint density at radius 2 is 1.73 bits per heavy atom. The van der Waals surface area contributed by atoms with Crippen LogP contribution in [-0.2, 0) is 33.9 Å². The molecule has 1 saturated heterocycles. The van der Waals surface area contributed by atoms with E-state index in [1.807, 2.05) is 43.3 Å². The number of aromatic nitrogens is 1. The first-order chi connectivity index (χ1) is 28.1. The SMILES string of the molecule is C[C@@H]1CC/C=C\[C@@H]2C[C@@]2(C(=O)NS(=O)(=O)C2(C)CC2)CC(=O)[C@@H]2C[C@@H](Oc3ncc(OCC4CC4)c4ccccc34)CN2C(=O)[C@@H](CC(=O)OC(C)(C)C(F)(F)F)[C@H](C)C1. The molecule has 2 amide bonds. The Labute approximate surface area is 349 Å². The van der Waals surface area contributed by atoms with Gasteiger partial charge in [-0.15, -0.1) is 0 Å². The van der Waals surface area contributed by atoms with Crippen LogP contribution in [0.1, 0.15) is 105 Å². The molecule has 12 nitrogen and oxygen atoms in total. The average molecular weight is 860 g/mol. The highest BCUT2D eigenvalue weighted by Gasteiger charge is 2.63. The molecule has 1 aromatic carbocycles. The van der Waals surface area contributed by atoms with Crippen molar-refractivity contribution in [2.24, 2.45) is 35.0 Å². The summed E-state index contributed by atoms with van der Waals surface area (Å²) in [5.41, 5.74) is -4.19. The van der Waals surface area contributed by atoms with Gasteiger partial charge in [-0.2, -0.15) is 13.2 Å². The number of benzene rings is 1. The zero-order chi connectivity index (χ0) is 43.4. The summed E-state index contributed by atoms with van der Waals surface area (Å²) in [5, 5.41) is 1.42. The van der Waals surface area contributed by atoms with E-state index in [4.69, 9.17) is 14.2 Å². The lowest BCUT2D eigenvalue weighted by Gasteiger charge is -2.33. The van der Waals surface area contributed by atoms with Crippen molar-refractivity contribution < 1.29 is 55.0 Å². The van der Waals surface area contributed by atoms with Crippen LogP contribution in [0.3, 0.4) is 0 Å². The molecule has 60 heavy (non-hydrogen) atoms. The second-order valence-corrected chi connectivity index (χ2v) is 21.0. The van der Waals surface area contributed by atoms with Crippen LogP contribution < -0.4 is 14.2 Å². The van der Waals surface area contributed by atoms with E-state index in [1.54, 1.807) is 20.0 Å². The van der Waals surface area contributed by atoms with Crippen LogP contribution in [0, 0.1) is 35.0 Å². The number of alkyl halides is 3. The largest absolute Gasteiger partial charge is 0.491 e. The van der Waals surface area contributed by atoms with E-state index in [0.29, 0.717) is 55.8 Å². The van der Waals surface area contributed by atoms with Crippen LogP contribution in [0.25, 0.3) is 10.8 Å². The molecule has 0 spiro atoms. The summed E-state index contributed by atoms with van der Waals surface area (Å²) >= 11 is 0. The number of ketones is 1. The van der Waals surface area contributed by atoms with Crippen LogP contribution in [0.5, 0.6) is 11.6 Å². The Balaban J connectivity index is 1.21. The van der Waals surface area contributed by atoms with Gasteiger partial charge in [-0.1, -0.05) is 44.2 Å². The number of nitrogens with zero attached hydrogens (tertiary/aromatic N) is 2. The molecule has 1 aromatic heterocycles. The van der Waals surface area contributed by atoms with Crippen molar-refractivity contribution in [1.82, 2.24) is 14.6 Å². The minimum atomic E-state index is -4.86. The number of allylic oxidation sites excluding steroid dienone is 2. The Morgan fingerprint density at radius 3 is 2.40 bits per heavy atom. The molecule has 0 unspecified atom stereocenters. The molecule has 2 aromatic rings. The van der Waals surface area contributed by atoms with Gasteiger partial charge in [0.2, 0.25) is 33.3 Å². The van der Waals surface area contributed by atoms with E-state index >= 15 is 0 Å². The monoisotopic (exact) mass is 859 g/mol. The minimum Gasteiger partial charge on any atom is -0.491 e. The summed E-state index contributed by atoms with van der Waals surface area (Å²) < 4.78 is 86.7. The zero-order valence-electron chi connectivity index (χ0n) is 34.9. The summed E-state index contributed by atoms with van der Waals surface area (Å²) in [6.45, 7) is 7.26. The normalized spacial score (nSPS) is 30.3. The smallest absolute Gasteiger partial charge is 0.427 e. The highest BCUT2D eigenvalue weighted by molar-refractivity contribution is 7.91. The first-order valence-corrected chi connectivity index (χ1v) is 22.6. The molecule has 3 heterocycles. The van der Waals surface area contributed by atoms with E-state index in [1.165, 1.54) is 4.90 Å². The minimum absolute atomic E-state index is 0.0157. The van der Waals surface area contributed by atoms with Gasteiger partial charge >= 0.3 is 12.1 Å². The van der Waals surface area contributed by atoms with Crippen LogP contribution >= 0.6 is 0 Å². The Bertz CT molecular complexity index is 2150. The maximum atomic E-state index is 14.9. The molecule has 328 valence electrons. The number of hydrogen-bond donors (Lipinski definition) is 1. The number of carbonyl (C=O) groups is 4. The van der Waals surface area contributed by atoms with E-state index < -0.39 is 91.8 Å². The number of ether oxygens (including phenoxy) is 3. The summed E-state index contributed by atoms with van der Waals surface area (Å²) in [5.74, 6) is -3.80. The summed E-state index contributed by atoms with van der Waals surface area (Å²) in [4.78, 5) is 62.8. The molecule has 0 bridgehead atoms. The lowest BCUT2D eigenvalue weighted by molar-refractivity contribution is -0.257. The number of fused-ring (bicyclic) bond motifs is 3. The molecule has 1 N–H and O–H groups in total. The van der Waals surface area contributed by atoms with Gasteiger partial charge in [0.15, 0.2) is 5.78 Å². The van der Waals surface area contributed by atoms with Crippen LogP contribution in [0.4, 0.5) is 13.2 Å². The predicted octanol–water partition coefficient (Wildman–Crippen LogP) is 7.24. The van der Waals surface area contributed by atoms with Gasteiger partial charge in [-0.05, 0) is 102 Å². The number of pyridine rings is 1. The predicted molar refractivity (Wildman–Crippen MR) is 215 cm³/mol. The second-order valence-electron chi connectivity index (χ2n) is 18.8. The van der Waals surface area contributed by atoms with Gasteiger partial charge in [-0.3, -0.25) is 23.9 Å². The third-order valence-corrected chi connectivity index (χ3v) is 15.6. The van der Waals surface area contributed by atoms with Crippen molar-refractivity contribution in [3.05, 3.63) is 42.6 Å². The van der Waals surface area contributed by atoms with E-state index in [0.717, 1.165) is 32.1 Å². The second kappa shape index (κ2) is 16.2. The zero-order valence-corrected chi connectivity index (χ0v) is 35.7. The fourth-order valence-corrected chi connectivity index (χ4v) is 9.98. The van der Waals surface area contributed by atoms with Gasteiger partial charge in [0.05, 0.1) is 47.9 Å². The maximum absolute atomic E-state index is 14.9. The van der Waals surface area contributed by atoms with Crippen molar-refractivity contribution >= 4 is 44.4 Å². The van der Waals surface area contributed by atoms with Gasteiger partial charge in [0, 0.05) is 23.6 Å². The Morgan fingerprint density at radius 1 is 1.03 bits per heavy atom. The maximum Gasteiger partial charge on any atom is 0.427 e. The summed E-state index contributed by atoms with van der Waals surface area (Å²) in [6, 6.07) is 6.25. The lowest BCUT2D eigenvalue weighted by atomic mass is 9.82. The Kier molecular flexibility index (Phi) is 11.9. The topological polar surface area (TPSA) is 158 Å². The molecule has 7 atom stereocenters. The number of nitrogens with one attached hydrogen (secondary N) is 1. The number of amides is 2. The molecular weight excluding hydrogens is 804 g/mol. The molecule has 3 saturated carbocycles. The number of halogens is 3. The van der Waals surface area contributed by atoms with E-state index in [9.17, 15) is 40.8 Å². The van der Waals surface area contributed by atoms with E-state index in [2.05, 4.69) is 9.71 Å². The Hall–Kier alpha value is -4.21. The number of esters is 1. The van der Waals surface area contributed by atoms with Crippen LogP contribution in [-0.4, -0.2) is 83.7 Å². The quantitative estimate of drug-likeness (QED) is 0.180. The number of carbonyl (C=O) groups excluding carboxylic acids is 4. The number of hydrogen-bond acceptors (Lipinski definition) is 10. The third-order valence-electron chi connectivity index (χ3n) is 13.4. The molecule has 5 aliphatic rings. The number of sulfonamides is 1. The average Bonchev–Trinajstić information content (AvgIpc) is 4.12. The van der Waals surface area contributed by atoms with Crippen molar-refractivity contribution in [3.63, 3.8) is 0 Å². The van der Waals surface area contributed by atoms with Crippen molar-refractivity contribution in [2.75, 3.05) is 13.2 Å². The van der Waals surface area contributed by atoms with Crippen LogP contribution in [0.2, 0.25) is 0 Å². The lowest BCUT2D eigenvalue weighted by Crippen LogP contribution is -2.48. The molecule has 4 fully saturated rings. The molecule has 16 heteroatoms. The standard InChI is InChI=1S/C44H56F3N3O9S/c1-26-10-6-7-11-29-21-43(29,40(54)49-60(55,56)42(5)16-17-42)22-35(51)34-19-30(58-38-32-13-9-8-12-31(32)36(23-48-38)57-25-28-14-15-28)24-50(34)39(53)33(27(2)18-26)20-37(52)59-41(3,4)44(45,46)47/h7-9,11-13,23,26-30,33-34H,6,10,14-22,24-25H2,1-5H3,(H,49,54)/b11-7-/t26-,27-,29-,30-,33+,34+,43-/m1/s1. The number of rotatable bonds is 11. The fraction of sp³-hybridized carbons (Fsp3) is 0.659. The molecule has 0 radical (unpaired) electrons. The van der Waals surface area contributed by atoms with Crippen molar-refractivity contribution in [2.45, 2.75) is 134 Å². The van der Waals surface area contributed by atoms with Crippen molar-refractivity contribution in [3.8, 4) is 11.6 Å². The molecule has 2 aliphatic heterocycles. The fourth-order valence-electron chi connectivity index (χ4n) is 8.65. The number of Topliss-reactive ketones (excluding diaryl/α,β-unsaturated/α-hetero) is 1. The molecule has 7 rings (SSSR count). The van der Waals surface area contributed by atoms with Crippen molar-refractivity contribution in [1.29, 1.82) is 0 Å². The van der Waals surface area contributed by atoms with Gasteiger partial charge in [0.1, 0.15) is 11.9 Å². The first kappa shape index (κ1) is 43.9. The molecular formula is C44H56F3N3O9S. The van der Waals surface area contributed by atoms with Gasteiger partial charge < -0.3 is 19.1 Å². The van der Waals surface area contributed by atoms with Crippen LogP contribution in [0.15, 0.2) is 42.6 Å².